The summed E-state index contributed by atoms with van der Waals surface area (Å²) in [6.45, 7) is 8.54. The van der Waals surface area contributed by atoms with Crippen molar-refractivity contribution < 1.29 is 4.79 Å². The van der Waals surface area contributed by atoms with Crippen LogP contribution in [0.4, 0.5) is 11.4 Å². The third-order valence-electron chi connectivity index (χ3n) is 3.16. The largest absolute Gasteiger partial charge is 0.399 e. The number of carbonyl (C=O) groups is 1. The van der Waals surface area contributed by atoms with E-state index in [2.05, 4.69) is 33.0 Å². The average molecular weight is 234 g/mol. The van der Waals surface area contributed by atoms with Gasteiger partial charge in [-0.05, 0) is 35.6 Å². The fourth-order valence-corrected chi connectivity index (χ4v) is 1.36. The molecule has 0 aliphatic carbocycles. The number of nitrogen functional groups attached to an aromatic ring is 1. The number of hydrogen-bond acceptors (Lipinski definition) is 2. The first-order valence-electron chi connectivity index (χ1n) is 5.94. The van der Waals surface area contributed by atoms with Gasteiger partial charge >= 0.3 is 0 Å². The van der Waals surface area contributed by atoms with Gasteiger partial charge in [0.15, 0.2) is 0 Å². The van der Waals surface area contributed by atoms with Gasteiger partial charge in [-0.2, -0.15) is 0 Å². The van der Waals surface area contributed by atoms with E-state index >= 15 is 0 Å². The van der Waals surface area contributed by atoms with Crippen LogP contribution in [0.5, 0.6) is 0 Å². The monoisotopic (exact) mass is 234 g/mol. The van der Waals surface area contributed by atoms with E-state index in [1.165, 1.54) is 0 Å². The Morgan fingerprint density at radius 2 is 1.82 bits per heavy atom. The maximum absolute atomic E-state index is 11.8. The van der Waals surface area contributed by atoms with E-state index in [1.54, 1.807) is 12.1 Å². The van der Waals surface area contributed by atoms with Crippen molar-refractivity contribution in [3.05, 3.63) is 24.3 Å². The number of carbonyl (C=O) groups excluding carboxylic acids is 1. The average Bonchev–Trinajstić information content (AvgIpc) is 2.20. The molecule has 0 aliphatic rings. The van der Waals surface area contributed by atoms with E-state index in [0.29, 0.717) is 18.0 Å². The maximum atomic E-state index is 11.8. The van der Waals surface area contributed by atoms with E-state index in [-0.39, 0.29) is 11.3 Å². The molecule has 0 radical (unpaired) electrons. The van der Waals surface area contributed by atoms with Crippen molar-refractivity contribution in [2.24, 2.45) is 11.3 Å². The van der Waals surface area contributed by atoms with Crippen LogP contribution in [0.2, 0.25) is 0 Å². The van der Waals surface area contributed by atoms with Gasteiger partial charge in [0.2, 0.25) is 5.91 Å². The van der Waals surface area contributed by atoms with Crippen LogP contribution in [0.1, 0.15) is 34.1 Å². The number of benzene rings is 1. The molecule has 3 N–H and O–H groups in total. The molecule has 94 valence electrons. The van der Waals surface area contributed by atoms with Crippen molar-refractivity contribution in [1.29, 1.82) is 0 Å². The molecule has 0 bridgehead atoms. The molecule has 0 aliphatic heterocycles. The number of amides is 1. The predicted octanol–water partition coefficient (Wildman–Crippen LogP) is 3.28. The molecule has 0 fully saturated rings. The highest BCUT2D eigenvalue weighted by atomic mass is 16.1. The second kappa shape index (κ2) is 5.21. The van der Waals surface area contributed by atoms with E-state index in [4.69, 9.17) is 5.73 Å². The van der Waals surface area contributed by atoms with Gasteiger partial charge in [-0.25, -0.2) is 0 Å². The molecule has 0 spiro atoms. The fraction of sp³-hybridized carbons (Fsp3) is 0.500. The summed E-state index contributed by atoms with van der Waals surface area (Å²) < 4.78 is 0. The molecule has 3 nitrogen and oxygen atoms in total. The molecule has 1 aromatic carbocycles. The lowest BCUT2D eigenvalue weighted by Crippen LogP contribution is -2.23. The SMILES string of the molecule is CC(CC(=O)Nc1ccc(N)cc1)C(C)(C)C. The van der Waals surface area contributed by atoms with Crippen molar-refractivity contribution in [3.63, 3.8) is 0 Å². The zero-order valence-electron chi connectivity index (χ0n) is 11.1. The minimum absolute atomic E-state index is 0.0530. The Morgan fingerprint density at radius 1 is 1.29 bits per heavy atom. The van der Waals surface area contributed by atoms with Gasteiger partial charge in [0.1, 0.15) is 0 Å². The highest BCUT2D eigenvalue weighted by Crippen LogP contribution is 2.28. The summed E-state index contributed by atoms with van der Waals surface area (Å²) in [7, 11) is 0. The van der Waals surface area contributed by atoms with Crippen molar-refractivity contribution in [1.82, 2.24) is 0 Å². The summed E-state index contributed by atoms with van der Waals surface area (Å²) >= 11 is 0. The highest BCUT2D eigenvalue weighted by molar-refractivity contribution is 5.91. The lowest BCUT2D eigenvalue weighted by Gasteiger charge is -2.26. The zero-order chi connectivity index (χ0) is 13.1. The number of anilines is 2. The van der Waals surface area contributed by atoms with E-state index in [9.17, 15) is 4.79 Å². The van der Waals surface area contributed by atoms with Gasteiger partial charge in [-0.15, -0.1) is 0 Å². The number of nitrogens with two attached hydrogens (primary N) is 1. The first kappa shape index (κ1) is 13.6. The third kappa shape index (κ3) is 4.47. The van der Waals surface area contributed by atoms with Gasteiger partial charge in [0.25, 0.3) is 0 Å². The number of hydrogen-bond donors (Lipinski definition) is 2. The van der Waals surface area contributed by atoms with Gasteiger partial charge in [-0.1, -0.05) is 27.7 Å². The van der Waals surface area contributed by atoms with Gasteiger partial charge in [0.05, 0.1) is 0 Å². The van der Waals surface area contributed by atoms with Gasteiger partial charge in [0, 0.05) is 17.8 Å². The standard InChI is InChI=1S/C14H22N2O/c1-10(14(2,3)4)9-13(17)16-12-7-5-11(15)6-8-12/h5-8,10H,9,15H2,1-4H3,(H,16,17). The van der Waals surface area contributed by atoms with Crippen LogP contribution >= 0.6 is 0 Å². The second-order valence-electron chi connectivity index (χ2n) is 5.64. The lowest BCUT2D eigenvalue weighted by atomic mass is 9.80. The Balaban J connectivity index is 2.53. The molecular formula is C14H22N2O. The molecule has 1 atom stereocenters. The summed E-state index contributed by atoms with van der Waals surface area (Å²) in [4.78, 5) is 11.8. The molecule has 1 aromatic rings. The first-order valence-corrected chi connectivity index (χ1v) is 5.94. The van der Waals surface area contributed by atoms with E-state index < -0.39 is 0 Å². The summed E-state index contributed by atoms with van der Waals surface area (Å²) in [5, 5.41) is 2.88. The first-order chi connectivity index (χ1) is 7.79. The molecular weight excluding hydrogens is 212 g/mol. The summed E-state index contributed by atoms with van der Waals surface area (Å²) in [5.41, 5.74) is 7.23. The molecule has 0 saturated carbocycles. The Hall–Kier alpha value is -1.51. The molecule has 1 rings (SSSR count). The number of nitrogens with one attached hydrogen (secondary N) is 1. The van der Waals surface area contributed by atoms with Crippen LogP contribution < -0.4 is 11.1 Å². The second-order valence-corrected chi connectivity index (χ2v) is 5.64. The summed E-state index contributed by atoms with van der Waals surface area (Å²) in [6.07, 6.45) is 0.536. The fourth-order valence-electron chi connectivity index (χ4n) is 1.36. The molecule has 1 amide bonds. The topological polar surface area (TPSA) is 55.1 Å². The normalized spacial score (nSPS) is 13.2. The Morgan fingerprint density at radius 3 is 2.29 bits per heavy atom. The summed E-state index contributed by atoms with van der Waals surface area (Å²) in [6, 6.07) is 7.19. The van der Waals surface area contributed by atoms with Crippen LogP contribution in [-0.2, 0) is 4.79 Å². The molecule has 17 heavy (non-hydrogen) atoms. The third-order valence-corrected chi connectivity index (χ3v) is 3.16. The van der Waals surface area contributed by atoms with Crippen LogP contribution in [0.25, 0.3) is 0 Å². The summed E-state index contributed by atoms with van der Waals surface area (Å²) in [5.74, 6) is 0.397. The van der Waals surface area contributed by atoms with E-state index in [1.807, 2.05) is 12.1 Å². The lowest BCUT2D eigenvalue weighted by molar-refractivity contribution is -0.117. The highest BCUT2D eigenvalue weighted by Gasteiger charge is 2.22. The molecule has 3 heteroatoms. The molecule has 0 aromatic heterocycles. The van der Waals surface area contributed by atoms with Gasteiger partial charge < -0.3 is 11.1 Å². The predicted molar refractivity (Wildman–Crippen MR) is 72.7 cm³/mol. The molecule has 0 heterocycles. The van der Waals surface area contributed by atoms with Crippen molar-refractivity contribution >= 4 is 17.3 Å². The zero-order valence-corrected chi connectivity index (χ0v) is 11.1. The van der Waals surface area contributed by atoms with Crippen molar-refractivity contribution in [2.45, 2.75) is 34.1 Å². The Bertz CT molecular complexity index is 376. The van der Waals surface area contributed by atoms with Crippen LogP contribution in [0.15, 0.2) is 24.3 Å². The Kier molecular flexibility index (Phi) is 4.16. The molecule has 1 unspecified atom stereocenters. The molecule has 0 saturated heterocycles. The van der Waals surface area contributed by atoms with E-state index in [0.717, 1.165) is 5.69 Å². The smallest absolute Gasteiger partial charge is 0.224 e. The minimum Gasteiger partial charge on any atom is -0.399 e. The van der Waals surface area contributed by atoms with Gasteiger partial charge in [-0.3, -0.25) is 4.79 Å². The van der Waals surface area contributed by atoms with Crippen LogP contribution in [-0.4, -0.2) is 5.91 Å². The minimum atomic E-state index is 0.0530. The maximum Gasteiger partial charge on any atom is 0.224 e. The van der Waals surface area contributed by atoms with Crippen molar-refractivity contribution in [3.8, 4) is 0 Å². The van der Waals surface area contributed by atoms with Crippen molar-refractivity contribution in [2.75, 3.05) is 11.1 Å². The Labute approximate surface area is 103 Å². The van der Waals surface area contributed by atoms with Crippen LogP contribution in [0.3, 0.4) is 0 Å². The van der Waals surface area contributed by atoms with Crippen LogP contribution in [0, 0.1) is 11.3 Å². The quantitative estimate of drug-likeness (QED) is 0.788. The number of rotatable bonds is 3.